The molecule has 1 unspecified atom stereocenters. The van der Waals surface area contributed by atoms with Crippen molar-refractivity contribution < 1.29 is 4.79 Å². The van der Waals surface area contributed by atoms with E-state index in [4.69, 9.17) is 34.8 Å². The van der Waals surface area contributed by atoms with Gasteiger partial charge in [-0.25, -0.2) is 4.79 Å². The first kappa shape index (κ1) is 22.8. The summed E-state index contributed by atoms with van der Waals surface area (Å²) in [6.07, 6.45) is 0.964. The average Bonchev–Trinajstić information content (AvgIpc) is 2.80. The van der Waals surface area contributed by atoms with Gasteiger partial charge in [0.05, 0.1) is 16.8 Å². The van der Waals surface area contributed by atoms with E-state index in [1.165, 1.54) is 5.56 Å². The molecule has 1 fully saturated rings. The number of hydrogen-bond donors (Lipinski definition) is 1. The molecule has 3 aromatic rings. The third-order valence-electron chi connectivity index (χ3n) is 5.75. The second-order valence-corrected chi connectivity index (χ2v) is 9.06. The number of carbonyl (C=O) groups is 1. The molecule has 7 heteroatoms. The summed E-state index contributed by atoms with van der Waals surface area (Å²) < 4.78 is 0. The van der Waals surface area contributed by atoms with Crippen molar-refractivity contribution in [1.82, 2.24) is 4.90 Å². The van der Waals surface area contributed by atoms with E-state index in [1.54, 1.807) is 6.07 Å². The van der Waals surface area contributed by atoms with Gasteiger partial charge in [-0.2, -0.15) is 0 Å². The van der Waals surface area contributed by atoms with E-state index in [0.717, 1.165) is 23.4 Å². The van der Waals surface area contributed by atoms with Crippen molar-refractivity contribution in [3.05, 3.63) is 92.9 Å². The van der Waals surface area contributed by atoms with Gasteiger partial charge in [-0.3, -0.25) is 0 Å². The number of halogens is 3. The molecule has 1 N–H and O–H groups in total. The molecule has 166 valence electrons. The predicted octanol–water partition coefficient (Wildman–Crippen LogP) is 7.30. The van der Waals surface area contributed by atoms with Gasteiger partial charge in [0.25, 0.3) is 0 Å². The maximum Gasteiger partial charge on any atom is 0.321 e. The van der Waals surface area contributed by atoms with Crippen LogP contribution in [0.2, 0.25) is 15.1 Å². The number of anilines is 2. The fourth-order valence-electron chi connectivity index (χ4n) is 3.97. The fourth-order valence-corrected chi connectivity index (χ4v) is 4.61. The summed E-state index contributed by atoms with van der Waals surface area (Å²) in [6.45, 7) is 3.83. The Morgan fingerprint density at radius 1 is 0.938 bits per heavy atom. The normalized spacial score (nSPS) is 16.2. The summed E-state index contributed by atoms with van der Waals surface area (Å²) >= 11 is 18.8. The van der Waals surface area contributed by atoms with Crippen molar-refractivity contribution in [2.75, 3.05) is 29.9 Å². The van der Waals surface area contributed by atoms with Crippen molar-refractivity contribution in [2.45, 2.75) is 19.4 Å². The largest absolute Gasteiger partial charge is 0.360 e. The summed E-state index contributed by atoms with van der Waals surface area (Å²) in [6, 6.07) is 21.0. The first-order valence-electron chi connectivity index (χ1n) is 10.6. The molecule has 32 heavy (non-hydrogen) atoms. The summed E-state index contributed by atoms with van der Waals surface area (Å²) in [4.78, 5) is 17.1. The Morgan fingerprint density at radius 3 is 2.28 bits per heavy atom. The summed E-state index contributed by atoms with van der Waals surface area (Å²) in [7, 11) is 0. The second-order valence-electron chi connectivity index (χ2n) is 7.78. The van der Waals surface area contributed by atoms with Crippen LogP contribution in [0.1, 0.15) is 24.1 Å². The third-order valence-corrected chi connectivity index (χ3v) is 6.54. The van der Waals surface area contributed by atoms with Gasteiger partial charge in [0.15, 0.2) is 0 Å². The van der Waals surface area contributed by atoms with E-state index in [9.17, 15) is 4.79 Å². The van der Waals surface area contributed by atoms with Crippen LogP contribution in [0.3, 0.4) is 0 Å². The van der Waals surface area contributed by atoms with Crippen LogP contribution in [0.25, 0.3) is 0 Å². The minimum absolute atomic E-state index is 0.0760. The molecule has 1 heterocycles. The summed E-state index contributed by atoms with van der Waals surface area (Å²) in [5.41, 5.74) is 3.98. The van der Waals surface area contributed by atoms with Crippen LogP contribution >= 0.6 is 34.8 Å². The number of amides is 2. The van der Waals surface area contributed by atoms with Crippen molar-refractivity contribution in [3.8, 4) is 0 Å². The number of hydrogen-bond acceptors (Lipinski definition) is 2. The number of nitrogens with one attached hydrogen (secondary N) is 1. The zero-order valence-electron chi connectivity index (χ0n) is 17.7. The van der Waals surface area contributed by atoms with Gasteiger partial charge in [-0.1, -0.05) is 66.0 Å². The number of benzene rings is 3. The number of rotatable bonds is 4. The Bertz CT molecular complexity index is 1090. The molecule has 0 saturated carbocycles. The molecule has 4 rings (SSSR count). The van der Waals surface area contributed by atoms with E-state index in [-0.39, 0.29) is 12.1 Å². The number of piperazine rings is 1. The lowest BCUT2D eigenvalue weighted by Crippen LogP contribution is -2.51. The van der Waals surface area contributed by atoms with Gasteiger partial charge in [0.2, 0.25) is 0 Å². The van der Waals surface area contributed by atoms with Crippen LogP contribution < -0.4 is 10.2 Å². The maximum absolute atomic E-state index is 13.0. The molecule has 4 nitrogen and oxygen atoms in total. The summed E-state index contributed by atoms with van der Waals surface area (Å²) in [5, 5.41) is 4.87. The summed E-state index contributed by atoms with van der Waals surface area (Å²) in [5.74, 6) is 0. The van der Waals surface area contributed by atoms with E-state index >= 15 is 0 Å². The zero-order chi connectivity index (χ0) is 22.7. The highest BCUT2D eigenvalue weighted by atomic mass is 35.5. The van der Waals surface area contributed by atoms with E-state index in [2.05, 4.69) is 17.1 Å². The van der Waals surface area contributed by atoms with Gasteiger partial charge in [0, 0.05) is 35.4 Å². The van der Waals surface area contributed by atoms with Crippen LogP contribution in [0.5, 0.6) is 0 Å². The van der Waals surface area contributed by atoms with Crippen molar-refractivity contribution >= 4 is 52.2 Å². The van der Waals surface area contributed by atoms with Crippen LogP contribution in [0.15, 0.2) is 66.7 Å². The molecule has 0 spiro atoms. The van der Waals surface area contributed by atoms with E-state index in [0.29, 0.717) is 34.7 Å². The number of nitrogens with zero attached hydrogens (tertiary/aromatic N) is 2. The molecule has 0 radical (unpaired) electrons. The Morgan fingerprint density at radius 2 is 1.62 bits per heavy atom. The predicted molar refractivity (Wildman–Crippen MR) is 134 cm³/mol. The number of urea groups is 1. The van der Waals surface area contributed by atoms with Gasteiger partial charge in [-0.15, -0.1) is 0 Å². The first-order valence-corrected chi connectivity index (χ1v) is 11.7. The van der Waals surface area contributed by atoms with Gasteiger partial charge in [0.1, 0.15) is 0 Å². The third kappa shape index (κ3) is 5.15. The lowest BCUT2D eigenvalue weighted by molar-refractivity contribution is 0.198. The number of carbonyl (C=O) groups excluding carboxylic acids is 1. The van der Waals surface area contributed by atoms with Crippen molar-refractivity contribution in [2.24, 2.45) is 0 Å². The van der Waals surface area contributed by atoms with E-state index in [1.807, 2.05) is 65.6 Å². The average molecular weight is 489 g/mol. The molecule has 0 aromatic heterocycles. The van der Waals surface area contributed by atoms with Gasteiger partial charge < -0.3 is 15.1 Å². The lowest BCUT2D eigenvalue weighted by atomic mass is 10.0. The van der Waals surface area contributed by atoms with Crippen molar-refractivity contribution in [3.63, 3.8) is 0 Å². The minimum atomic E-state index is -0.116. The highest BCUT2D eigenvalue weighted by molar-refractivity contribution is 6.36. The monoisotopic (exact) mass is 487 g/mol. The molecule has 0 aliphatic carbocycles. The van der Waals surface area contributed by atoms with Crippen molar-refractivity contribution in [1.29, 1.82) is 0 Å². The smallest absolute Gasteiger partial charge is 0.321 e. The number of aryl methyl sites for hydroxylation is 1. The van der Waals surface area contributed by atoms with Gasteiger partial charge in [-0.05, 0) is 60.0 Å². The maximum atomic E-state index is 13.0. The Balaban J connectivity index is 1.57. The van der Waals surface area contributed by atoms with Crippen LogP contribution in [0, 0.1) is 0 Å². The first-order chi connectivity index (χ1) is 15.4. The second kappa shape index (κ2) is 10.0. The standard InChI is InChI=1S/C25H24Cl3N3O/c1-2-17-3-10-21(11-4-17)29-25(32)30-13-14-31(23-12-9-20(27)15-22(23)28)24(16-30)18-5-7-19(26)8-6-18/h3-12,15,24H,2,13-14,16H2,1H3,(H,29,32). The quantitative estimate of drug-likeness (QED) is 0.418. The molecule has 1 aliphatic heterocycles. The molecule has 1 saturated heterocycles. The molecule has 2 amide bonds. The Hall–Kier alpha value is -2.40. The van der Waals surface area contributed by atoms with Crippen LogP contribution in [-0.4, -0.2) is 30.6 Å². The molecular formula is C25H24Cl3N3O. The Kier molecular flexibility index (Phi) is 7.14. The topological polar surface area (TPSA) is 35.6 Å². The highest BCUT2D eigenvalue weighted by Crippen LogP contribution is 2.37. The highest BCUT2D eigenvalue weighted by Gasteiger charge is 2.32. The molecular weight excluding hydrogens is 465 g/mol. The molecule has 3 aromatic carbocycles. The Labute approximate surface area is 203 Å². The van der Waals surface area contributed by atoms with E-state index < -0.39 is 0 Å². The van der Waals surface area contributed by atoms with Crippen LogP contribution in [0.4, 0.5) is 16.2 Å². The minimum Gasteiger partial charge on any atom is -0.360 e. The zero-order valence-corrected chi connectivity index (χ0v) is 20.0. The van der Waals surface area contributed by atoms with Crippen LogP contribution in [-0.2, 0) is 6.42 Å². The molecule has 0 bridgehead atoms. The lowest BCUT2D eigenvalue weighted by Gasteiger charge is -2.43. The fraction of sp³-hybridized carbons (Fsp3) is 0.240. The molecule has 1 aliphatic rings. The molecule has 1 atom stereocenters. The van der Waals surface area contributed by atoms with Gasteiger partial charge >= 0.3 is 6.03 Å². The SMILES string of the molecule is CCc1ccc(NC(=O)N2CCN(c3ccc(Cl)cc3Cl)C(c3ccc(Cl)cc3)C2)cc1.